The van der Waals surface area contributed by atoms with Crippen molar-refractivity contribution in [2.24, 2.45) is 0 Å². The normalized spacial score (nSPS) is 18.4. The highest BCUT2D eigenvalue weighted by Gasteiger charge is 2.33. The van der Waals surface area contributed by atoms with Crippen LogP contribution in [0.1, 0.15) is 47.4 Å². The quantitative estimate of drug-likeness (QED) is 0.347. The van der Waals surface area contributed by atoms with Crippen LogP contribution in [0.25, 0.3) is 0 Å². The van der Waals surface area contributed by atoms with E-state index in [1.54, 1.807) is 0 Å². The number of piperidine rings is 1. The van der Waals surface area contributed by atoms with Gasteiger partial charge in [0.2, 0.25) is 6.41 Å². The summed E-state index contributed by atoms with van der Waals surface area (Å²) in [7, 11) is 0. The van der Waals surface area contributed by atoms with Crippen LogP contribution in [0.3, 0.4) is 0 Å². The fourth-order valence-corrected chi connectivity index (χ4v) is 4.86. The molecule has 1 aromatic heterocycles. The summed E-state index contributed by atoms with van der Waals surface area (Å²) in [4.78, 5) is 16.7. The minimum absolute atomic E-state index is 0.0428. The third-order valence-electron chi connectivity index (χ3n) is 6.51. The molecule has 32 heavy (non-hydrogen) atoms. The molecule has 0 bridgehead atoms. The van der Waals surface area contributed by atoms with Crippen LogP contribution in [0.2, 0.25) is 0 Å². The molecule has 0 aliphatic carbocycles. The molecule has 2 atom stereocenters. The third-order valence-corrected chi connectivity index (χ3v) is 6.94. The van der Waals surface area contributed by atoms with Crippen molar-refractivity contribution >= 4 is 30.0 Å². The number of rotatable bonds is 6. The molecule has 0 radical (unpaired) electrons. The first-order chi connectivity index (χ1) is 15.5. The lowest BCUT2D eigenvalue weighted by atomic mass is 9.76. The van der Waals surface area contributed by atoms with Crippen molar-refractivity contribution in [3.8, 4) is 0 Å². The number of hydrogen-bond acceptors (Lipinski definition) is 3. The molecule has 4 rings (SSSR count). The Bertz CT molecular complexity index is 1160. The van der Waals surface area contributed by atoms with Crippen molar-refractivity contribution in [2.45, 2.75) is 38.5 Å². The predicted molar refractivity (Wildman–Crippen MR) is 130 cm³/mol. The van der Waals surface area contributed by atoms with Crippen LogP contribution in [0.5, 0.6) is 0 Å². The Morgan fingerprint density at radius 3 is 2.66 bits per heavy atom. The Kier molecular flexibility index (Phi) is 6.70. The summed E-state index contributed by atoms with van der Waals surface area (Å²) in [5.41, 5.74) is 6.42. The maximum Gasteiger partial charge on any atom is 0.209 e. The van der Waals surface area contributed by atoms with Crippen molar-refractivity contribution in [1.29, 1.82) is 0 Å². The molecule has 2 N–H and O–H groups in total. The summed E-state index contributed by atoms with van der Waals surface area (Å²) in [6.07, 6.45) is 4.62. The monoisotopic (exact) mass is 449 g/mol. The number of pyridine rings is 1. The van der Waals surface area contributed by atoms with Gasteiger partial charge in [-0.3, -0.25) is 4.79 Å². The van der Waals surface area contributed by atoms with Crippen LogP contribution < -0.4 is 5.32 Å². The SMILES string of the molecule is CCc1ccccc1Nc1c(C2CN(C=O)CCC2c2ccc(F)cc2)c[nH]c(=S)c1C. The lowest BCUT2D eigenvalue weighted by Crippen LogP contribution is -2.37. The number of aromatic amines is 1. The van der Waals surface area contributed by atoms with Crippen molar-refractivity contribution < 1.29 is 9.18 Å². The highest BCUT2D eigenvalue weighted by molar-refractivity contribution is 7.71. The maximum absolute atomic E-state index is 13.6. The zero-order valence-corrected chi connectivity index (χ0v) is 19.2. The molecule has 2 heterocycles. The molecule has 1 saturated heterocycles. The third kappa shape index (κ3) is 4.46. The van der Waals surface area contributed by atoms with Gasteiger partial charge >= 0.3 is 0 Å². The largest absolute Gasteiger partial charge is 0.355 e. The lowest BCUT2D eigenvalue weighted by Gasteiger charge is -2.38. The van der Waals surface area contributed by atoms with Gasteiger partial charge in [-0.2, -0.15) is 0 Å². The van der Waals surface area contributed by atoms with Crippen LogP contribution in [-0.2, 0) is 11.2 Å². The Labute approximate surface area is 193 Å². The van der Waals surface area contributed by atoms with Gasteiger partial charge in [-0.15, -0.1) is 0 Å². The van der Waals surface area contributed by atoms with Gasteiger partial charge in [0.25, 0.3) is 0 Å². The van der Waals surface area contributed by atoms with Gasteiger partial charge < -0.3 is 15.2 Å². The first-order valence-electron chi connectivity index (χ1n) is 11.0. The molecule has 166 valence electrons. The molecule has 1 aliphatic heterocycles. The van der Waals surface area contributed by atoms with Crippen LogP contribution in [0.15, 0.2) is 54.7 Å². The summed E-state index contributed by atoms with van der Waals surface area (Å²) in [5, 5.41) is 3.66. The number of nitrogens with one attached hydrogen (secondary N) is 2. The van der Waals surface area contributed by atoms with E-state index < -0.39 is 0 Å². The fraction of sp³-hybridized carbons (Fsp3) is 0.308. The van der Waals surface area contributed by atoms with Gasteiger partial charge in [-0.05, 0) is 60.6 Å². The number of anilines is 2. The van der Waals surface area contributed by atoms with Crippen LogP contribution in [0, 0.1) is 17.4 Å². The van der Waals surface area contributed by atoms with E-state index in [9.17, 15) is 9.18 Å². The van der Waals surface area contributed by atoms with E-state index in [2.05, 4.69) is 29.4 Å². The predicted octanol–water partition coefficient (Wildman–Crippen LogP) is 6.23. The summed E-state index contributed by atoms with van der Waals surface area (Å²) in [5.74, 6) is -0.0346. The number of H-pyrrole nitrogens is 1. The standard InChI is InChI=1S/C26H28FN3OS/c1-3-18-6-4-5-7-24(18)29-25-17(2)26(32)28-14-22(25)23-15-30(16-31)13-12-21(23)19-8-10-20(27)11-9-19/h4-11,14,16,21,23H,3,12-13,15H2,1-2H3,(H2,28,29,32). The van der Waals surface area contributed by atoms with Crippen LogP contribution in [0.4, 0.5) is 15.8 Å². The number of carbonyl (C=O) groups excluding carboxylic acids is 1. The van der Waals surface area contributed by atoms with Gasteiger partial charge in [0.05, 0.1) is 0 Å². The first-order valence-corrected chi connectivity index (χ1v) is 11.4. The zero-order chi connectivity index (χ0) is 22.7. The van der Waals surface area contributed by atoms with Gasteiger partial charge in [0, 0.05) is 42.1 Å². The van der Waals surface area contributed by atoms with E-state index in [-0.39, 0.29) is 17.7 Å². The van der Waals surface area contributed by atoms with Crippen molar-refractivity contribution in [1.82, 2.24) is 9.88 Å². The number of amides is 1. The lowest BCUT2D eigenvalue weighted by molar-refractivity contribution is -0.119. The molecule has 0 spiro atoms. The van der Waals surface area contributed by atoms with E-state index in [0.29, 0.717) is 17.7 Å². The van der Waals surface area contributed by atoms with E-state index in [1.165, 1.54) is 17.7 Å². The molecule has 1 aliphatic rings. The summed E-state index contributed by atoms with van der Waals surface area (Å²) in [6.45, 7) is 5.44. The molecule has 0 saturated carbocycles. The Morgan fingerprint density at radius 1 is 1.19 bits per heavy atom. The number of benzene rings is 2. The van der Waals surface area contributed by atoms with Gasteiger partial charge in [-0.25, -0.2) is 4.39 Å². The van der Waals surface area contributed by atoms with Crippen LogP contribution in [-0.4, -0.2) is 29.4 Å². The minimum atomic E-state index is -0.242. The molecular weight excluding hydrogens is 421 g/mol. The molecule has 2 aromatic carbocycles. The average molecular weight is 450 g/mol. The Hall–Kier alpha value is -2.99. The van der Waals surface area contributed by atoms with Crippen molar-refractivity contribution in [3.05, 3.63) is 87.4 Å². The molecule has 6 heteroatoms. The summed E-state index contributed by atoms with van der Waals surface area (Å²) in [6, 6.07) is 15.0. The molecule has 2 unspecified atom stereocenters. The fourth-order valence-electron chi connectivity index (χ4n) is 4.69. The second-order valence-electron chi connectivity index (χ2n) is 8.36. The number of aromatic nitrogens is 1. The Balaban J connectivity index is 1.81. The number of nitrogens with zero attached hydrogens (tertiary/aromatic N) is 1. The highest BCUT2D eigenvalue weighted by Crippen LogP contribution is 2.43. The number of likely N-dealkylation sites (tertiary alicyclic amines) is 1. The number of para-hydroxylation sites is 1. The van der Waals surface area contributed by atoms with E-state index >= 15 is 0 Å². The molecule has 1 amide bonds. The smallest absolute Gasteiger partial charge is 0.209 e. The molecule has 1 fully saturated rings. The highest BCUT2D eigenvalue weighted by atomic mass is 32.1. The topological polar surface area (TPSA) is 48.1 Å². The van der Waals surface area contributed by atoms with Gasteiger partial charge in [0.1, 0.15) is 10.5 Å². The van der Waals surface area contributed by atoms with Crippen LogP contribution >= 0.6 is 12.2 Å². The number of hydrogen-bond donors (Lipinski definition) is 2. The summed E-state index contributed by atoms with van der Waals surface area (Å²) < 4.78 is 14.3. The first kappa shape index (κ1) is 22.2. The molecule has 3 aromatic rings. The van der Waals surface area contributed by atoms with Crippen molar-refractivity contribution in [2.75, 3.05) is 18.4 Å². The van der Waals surface area contributed by atoms with Gasteiger partial charge in [0.15, 0.2) is 0 Å². The maximum atomic E-state index is 13.6. The van der Waals surface area contributed by atoms with E-state index in [1.807, 2.05) is 42.3 Å². The molecular formula is C26H28FN3OS. The van der Waals surface area contributed by atoms with Crippen molar-refractivity contribution in [3.63, 3.8) is 0 Å². The van der Waals surface area contributed by atoms with E-state index in [0.717, 1.165) is 47.3 Å². The zero-order valence-electron chi connectivity index (χ0n) is 18.4. The second-order valence-corrected chi connectivity index (χ2v) is 8.77. The summed E-state index contributed by atoms with van der Waals surface area (Å²) >= 11 is 5.56. The minimum Gasteiger partial charge on any atom is -0.355 e. The second kappa shape index (κ2) is 9.65. The van der Waals surface area contributed by atoms with Gasteiger partial charge in [-0.1, -0.05) is 49.5 Å². The number of halogens is 1. The average Bonchev–Trinajstić information content (AvgIpc) is 2.82. The Morgan fingerprint density at radius 2 is 1.94 bits per heavy atom. The van der Waals surface area contributed by atoms with E-state index in [4.69, 9.17) is 12.2 Å². The number of carbonyl (C=O) groups is 1. The number of aryl methyl sites for hydroxylation is 1. The molecule has 4 nitrogen and oxygen atoms in total.